The summed E-state index contributed by atoms with van der Waals surface area (Å²) in [5.41, 5.74) is 7.41. The van der Waals surface area contributed by atoms with Crippen LogP contribution in [0.5, 0.6) is 5.75 Å². The average Bonchev–Trinajstić information content (AvgIpc) is 2.36. The zero-order chi connectivity index (χ0) is 15.7. The Labute approximate surface area is 119 Å². The Hall–Kier alpha value is -1.76. The molecule has 4 nitrogen and oxygen atoms in total. The van der Waals surface area contributed by atoms with Crippen LogP contribution in [0.2, 0.25) is 0 Å². The fraction of sp³-hybridized carbons (Fsp3) is 0.500. The molecule has 0 radical (unpaired) electrons. The highest BCUT2D eigenvalue weighted by Crippen LogP contribution is 2.47. The third kappa shape index (κ3) is 3.47. The number of hydrogen-bond acceptors (Lipinski definition) is 3. The van der Waals surface area contributed by atoms with Crippen molar-refractivity contribution in [1.82, 2.24) is 0 Å². The molecule has 2 aliphatic rings. The molecule has 0 amide bonds. The van der Waals surface area contributed by atoms with Crippen molar-refractivity contribution in [3.05, 3.63) is 29.8 Å². The quantitative estimate of drug-likeness (QED) is 0.772. The maximum atomic E-state index is 10.6. The Kier molecular flexibility index (Phi) is 4.13. The van der Waals surface area contributed by atoms with Crippen molar-refractivity contribution in [1.29, 1.82) is 0 Å². The van der Waals surface area contributed by atoms with Gasteiger partial charge in [0.25, 0.3) is 0 Å². The number of alkyl halides is 3. The number of para-hydroxylation sites is 1. The molecule has 1 aromatic rings. The minimum absolute atomic E-state index is 0.0910. The Morgan fingerprint density at radius 3 is 2.38 bits per heavy atom. The maximum Gasteiger partial charge on any atom is 0.490 e. The van der Waals surface area contributed by atoms with Gasteiger partial charge in [-0.3, -0.25) is 0 Å². The molecule has 0 bridgehead atoms. The number of rotatable bonds is 0. The summed E-state index contributed by atoms with van der Waals surface area (Å²) in [7, 11) is 0. The summed E-state index contributed by atoms with van der Waals surface area (Å²) >= 11 is 0. The highest BCUT2D eigenvalue weighted by molar-refractivity contribution is 5.73. The second-order valence-corrected chi connectivity index (χ2v) is 5.29. The normalized spacial score (nSPS) is 22.2. The minimum atomic E-state index is -5.08. The highest BCUT2D eigenvalue weighted by atomic mass is 19.4. The lowest BCUT2D eigenvalue weighted by molar-refractivity contribution is -0.192. The third-order valence-electron chi connectivity index (χ3n) is 3.74. The Morgan fingerprint density at radius 2 is 1.90 bits per heavy atom. The summed E-state index contributed by atoms with van der Waals surface area (Å²) in [6.07, 6.45) is -0.455. The molecule has 7 heteroatoms. The molecule has 1 atom stereocenters. The van der Waals surface area contributed by atoms with E-state index in [9.17, 15) is 13.2 Å². The number of fused-ring (bicyclic) bond motifs is 1. The maximum absolute atomic E-state index is 10.6. The van der Waals surface area contributed by atoms with Crippen LogP contribution in [-0.2, 0) is 4.79 Å². The van der Waals surface area contributed by atoms with Gasteiger partial charge in [-0.1, -0.05) is 18.2 Å². The first-order valence-electron chi connectivity index (χ1n) is 6.57. The van der Waals surface area contributed by atoms with Crippen LogP contribution >= 0.6 is 0 Å². The molecule has 0 saturated heterocycles. The van der Waals surface area contributed by atoms with Crippen LogP contribution in [0.3, 0.4) is 0 Å². The first-order chi connectivity index (χ1) is 9.73. The van der Waals surface area contributed by atoms with Gasteiger partial charge in [0.2, 0.25) is 0 Å². The Balaban J connectivity index is 0.000000199. The predicted molar refractivity (Wildman–Crippen MR) is 68.9 cm³/mol. The van der Waals surface area contributed by atoms with Gasteiger partial charge in [-0.2, -0.15) is 13.2 Å². The SMILES string of the molecule is NC1CC2(CCC2)Oc2ccccc21.O=C(O)C(F)(F)F. The van der Waals surface area contributed by atoms with E-state index >= 15 is 0 Å². The first-order valence-corrected chi connectivity index (χ1v) is 6.57. The number of carboxylic acids is 1. The van der Waals surface area contributed by atoms with Gasteiger partial charge in [0.05, 0.1) is 0 Å². The van der Waals surface area contributed by atoms with Crippen molar-refractivity contribution >= 4 is 5.97 Å². The number of carbonyl (C=O) groups is 1. The molecular weight excluding hydrogens is 287 g/mol. The third-order valence-corrected chi connectivity index (χ3v) is 3.74. The number of ether oxygens (including phenoxy) is 1. The van der Waals surface area contributed by atoms with Crippen molar-refractivity contribution in [3.8, 4) is 5.75 Å². The van der Waals surface area contributed by atoms with E-state index in [0.717, 1.165) is 12.2 Å². The molecule has 1 aliphatic heterocycles. The summed E-state index contributed by atoms with van der Waals surface area (Å²) in [4.78, 5) is 8.90. The van der Waals surface area contributed by atoms with Gasteiger partial charge in [0.15, 0.2) is 0 Å². The standard InChI is InChI=1S/C12H15NO.C2HF3O2/c13-10-8-12(6-3-7-12)14-11-5-2-1-4-9(10)11;3-2(4,5)1(6)7/h1-2,4-5,10H,3,6-8,13H2;(H,6,7). The summed E-state index contributed by atoms with van der Waals surface area (Å²) in [6, 6.07) is 8.32. The molecule has 1 saturated carbocycles. The fourth-order valence-electron chi connectivity index (χ4n) is 2.54. The van der Waals surface area contributed by atoms with Crippen molar-refractivity contribution in [2.24, 2.45) is 5.73 Å². The zero-order valence-corrected chi connectivity index (χ0v) is 11.2. The largest absolute Gasteiger partial charge is 0.490 e. The van der Waals surface area contributed by atoms with E-state index in [-0.39, 0.29) is 11.6 Å². The van der Waals surface area contributed by atoms with Crippen LogP contribution in [0.4, 0.5) is 13.2 Å². The minimum Gasteiger partial charge on any atom is -0.487 e. The number of nitrogens with two attached hydrogens (primary N) is 1. The number of hydrogen-bond donors (Lipinski definition) is 2. The summed E-state index contributed by atoms with van der Waals surface area (Å²) in [6.45, 7) is 0. The van der Waals surface area contributed by atoms with Crippen LogP contribution in [0.1, 0.15) is 37.3 Å². The molecule has 1 unspecified atom stereocenters. The van der Waals surface area contributed by atoms with Gasteiger partial charge in [0.1, 0.15) is 11.4 Å². The fourth-order valence-corrected chi connectivity index (χ4v) is 2.54. The van der Waals surface area contributed by atoms with E-state index in [0.29, 0.717) is 0 Å². The molecular formula is C14H16F3NO3. The molecule has 1 fully saturated rings. The molecule has 1 spiro atoms. The predicted octanol–water partition coefficient (Wildman–Crippen LogP) is 3.02. The van der Waals surface area contributed by atoms with Crippen LogP contribution in [0, 0.1) is 0 Å². The van der Waals surface area contributed by atoms with E-state index in [1.165, 1.54) is 24.8 Å². The molecule has 3 rings (SSSR count). The van der Waals surface area contributed by atoms with E-state index in [1.807, 2.05) is 18.2 Å². The number of aliphatic carboxylic acids is 1. The van der Waals surface area contributed by atoms with Gasteiger partial charge in [-0.15, -0.1) is 0 Å². The van der Waals surface area contributed by atoms with Crippen LogP contribution in [0.25, 0.3) is 0 Å². The van der Waals surface area contributed by atoms with E-state index in [2.05, 4.69) is 6.07 Å². The molecule has 1 aromatic carbocycles. The Bertz CT molecular complexity index is 526. The lowest BCUT2D eigenvalue weighted by atomic mass is 9.73. The Morgan fingerprint density at radius 1 is 1.33 bits per heavy atom. The molecule has 116 valence electrons. The van der Waals surface area contributed by atoms with E-state index in [4.69, 9.17) is 20.4 Å². The van der Waals surface area contributed by atoms with Crippen molar-refractivity contribution in [3.63, 3.8) is 0 Å². The van der Waals surface area contributed by atoms with Crippen LogP contribution < -0.4 is 10.5 Å². The molecule has 21 heavy (non-hydrogen) atoms. The lowest BCUT2D eigenvalue weighted by Crippen LogP contribution is -2.48. The molecule has 1 aliphatic carbocycles. The molecule has 1 heterocycles. The second-order valence-electron chi connectivity index (χ2n) is 5.29. The molecule has 3 N–H and O–H groups in total. The number of halogens is 3. The number of carboxylic acid groups (broad SMARTS) is 1. The van der Waals surface area contributed by atoms with Gasteiger partial charge in [-0.05, 0) is 25.3 Å². The van der Waals surface area contributed by atoms with E-state index < -0.39 is 12.1 Å². The number of benzene rings is 1. The van der Waals surface area contributed by atoms with Crippen molar-refractivity contribution in [2.75, 3.05) is 0 Å². The highest BCUT2D eigenvalue weighted by Gasteiger charge is 2.44. The van der Waals surface area contributed by atoms with Crippen molar-refractivity contribution in [2.45, 2.75) is 43.5 Å². The topological polar surface area (TPSA) is 72.5 Å². The zero-order valence-electron chi connectivity index (χ0n) is 11.2. The monoisotopic (exact) mass is 303 g/mol. The van der Waals surface area contributed by atoms with Gasteiger partial charge < -0.3 is 15.6 Å². The molecule has 0 aromatic heterocycles. The summed E-state index contributed by atoms with van der Waals surface area (Å²) in [5, 5.41) is 7.12. The summed E-state index contributed by atoms with van der Waals surface area (Å²) < 4.78 is 37.8. The van der Waals surface area contributed by atoms with Gasteiger partial charge in [-0.25, -0.2) is 4.79 Å². The smallest absolute Gasteiger partial charge is 0.487 e. The van der Waals surface area contributed by atoms with E-state index in [1.54, 1.807) is 0 Å². The van der Waals surface area contributed by atoms with Crippen LogP contribution in [-0.4, -0.2) is 22.9 Å². The lowest BCUT2D eigenvalue weighted by Gasteiger charge is -2.47. The second kappa shape index (κ2) is 5.55. The first kappa shape index (κ1) is 15.6. The summed E-state index contributed by atoms with van der Waals surface area (Å²) in [5.74, 6) is -1.75. The van der Waals surface area contributed by atoms with Gasteiger partial charge in [0, 0.05) is 18.0 Å². The van der Waals surface area contributed by atoms with Gasteiger partial charge >= 0.3 is 12.1 Å². The van der Waals surface area contributed by atoms with Crippen LogP contribution in [0.15, 0.2) is 24.3 Å². The average molecular weight is 303 g/mol. The van der Waals surface area contributed by atoms with Crippen molar-refractivity contribution < 1.29 is 27.8 Å².